The first-order chi connectivity index (χ1) is 6.10. The summed E-state index contributed by atoms with van der Waals surface area (Å²) in [7, 11) is 2.74. The Hall–Kier alpha value is -0.750. The van der Waals surface area contributed by atoms with Crippen molar-refractivity contribution in [1.82, 2.24) is 5.32 Å². The average Bonchev–Trinajstić information content (AvgIpc) is 2.10. The second-order valence-electron chi connectivity index (χ2n) is 2.15. The quantitative estimate of drug-likeness (QED) is 0.684. The van der Waals surface area contributed by atoms with Gasteiger partial charge in [0.15, 0.2) is 5.12 Å². The highest BCUT2D eigenvalue weighted by Crippen LogP contribution is 2.11. The van der Waals surface area contributed by atoms with Crippen LogP contribution in [0.15, 0.2) is 0 Å². The third-order valence-electron chi connectivity index (χ3n) is 1.16. The lowest BCUT2D eigenvalue weighted by Gasteiger charge is -2.12. The molecule has 0 aromatic carbocycles. The number of thioether (sulfide) groups is 1. The van der Waals surface area contributed by atoms with Crippen molar-refractivity contribution in [3.05, 3.63) is 0 Å². The summed E-state index contributed by atoms with van der Waals surface area (Å²) < 4.78 is 9.28. The topological polar surface area (TPSA) is 64.6 Å². The molecule has 1 unspecified atom stereocenters. The zero-order valence-corrected chi connectivity index (χ0v) is 8.64. The van der Waals surface area contributed by atoms with Gasteiger partial charge >= 0.3 is 6.09 Å². The van der Waals surface area contributed by atoms with Crippen molar-refractivity contribution in [2.24, 2.45) is 0 Å². The van der Waals surface area contributed by atoms with Gasteiger partial charge in [-0.3, -0.25) is 4.79 Å². The number of carbonyl (C=O) groups excluding carboxylic acids is 2. The van der Waals surface area contributed by atoms with Crippen LogP contribution < -0.4 is 5.32 Å². The summed E-state index contributed by atoms with van der Waals surface area (Å²) in [4.78, 5) is 21.3. The number of hydrogen-bond acceptors (Lipinski definition) is 5. The Morgan fingerprint density at radius 1 is 1.46 bits per heavy atom. The molecule has 13 heavy (non-hydrogen) atoms. The number of alkyl carbamates (subject to hydrolysis) is 1. The SMILES string of the molecule is COC(=O)NCC(OC)SC(C)=O. The summed E-state index contributed by atoms with van der Waals surface area (Å²) in [6.45, 7) is 1.68. The van der Waals surface area contributed by atoms with Crippen molar-refractivity contribution in [2.75, 3.05) is 20.8 Å². The summed E-state index contributed by atoms with van der Waals surface area (Å²) in [5.74, 6) is 0. The Morgan fingerprint density at radius 2 is 2.08 bits per heavy atom. The van der Waals surface area contributed by atoms with Crippen molar-refractivity contribution in [3.63, 3.8) is 0 Å². The molecular weight excluding hydrogens is 194 g/mol. The summed E-state index contributed by atoms with van der Waals surface area (Å²) >= 11 is 1.02. The van der Waals surface area contributed by atoms with E-state index in [0.717, 1.165) is 11.8 Å². The van der Waals surface area contributed by atoms with E-state index in [-0.39, 0.29) is 17.1 Å². The van der Waals surface area contributed by atoms with E-state index in [1.165, 1.54) is 21.1 Å². The lowest BCUT2D eigenvalue weighted by atomic mass is 10.7. The van der Waals surface area contributed by atoms with Crippen molar-refractivity contribution in [1.29, 1.82) is 0 Å². The molecular formula is C7H13NO4S. The maximum absolute atomic E-state index is 10.7. The number of carbonyl (C=O) groups is 2. The molecule has 0 fully saturated rings. The second-order valence-corrected chi connectivity index (χ2v) is 3.48. The predicted octanol–water partition coefficient (Wildman–Crippen LogP) is 0.595. The van der Waals surface area contributed by atoms with Crippen LogP contribution in [0, 0.1) is 0 Å². The third-order valence-corrected chi connectivity index (χ3v) is 2.11. The molecule has 1 atom stereocenters. The second kappa shape index (κ2) is 6.73. The fourth-order valence-electron chi connectivity index (χ4n) is 0.597. The number of rotatable bonds is 4. The van der Waals surface area contributed by atoms with Gasteiger partial charge < -0.3 is 14.8 Å². The van der Waals surface area contributed by atoms with Crippen LogP contribution >= 0.6 is 11.8 Å². The van der Waals surface area contributed by atoms with Crippen molar-refractivity contribution < 1.29 is 19.1 Å². The molecule has 0 aromatic rings. The Kier molecular flexibility index (Phi) is 6.34. The predicted molar refractivity (Wildman–Crippen MR) is 49.5 cm³/mol. The van der Waals surface area contributed by atoms with Gasteiger partial charge in [0.1, 0.15) is 5.44 Å². The highest BCUT2D eigenvalue weighted by molar-refractivity contribution is 8.14. The molecule has 0 aliphatic carbocycles. The zero-order valence-electron chi connectivity index (χ0n) is 7.83. The zero-order chi connectivity index (χ0) is 10.3. The minimum Gasteiger partial charge on any atom is -0.453 e. The molecule has 0 aliphatic rings. The van der Waals surface area contributed by atoms with E-state index in [2.05, 4.69) is 10.1 Å². The highest BCUT2D eigenvalue weighted by atomic mass is 32.2. The van der Waals surface area contributed by atoms with Crippen LogP contribution in [-0.4, -0.2) is 37.4 Å². The molecule has 0 heterocycles. The van der Waals surface area contributed by atoms with Crippen LogP contribution in [0.5, 0.6) is 0 Å². The van der Waals surface area contributed by atoms with Crippen LogP contribution in [0.2, 0.25) is 0 Å². The molecule has 0 aromatic heterocycles. The average molecular weight is 207 g/mol. The van der Waals surface area contributed by atoms with Crippen molar-refractivity contribution in [3.8, 4) is 0 Å². The molecule has 0 spiro atoms. The molecule has 0 saturated carbocycles. The number of amides is 1. The standard InChI is InChI=1S/C7H13NO4S/c1-5(9)13-6(11-2)4-8-7(10)12-3/h6H,4H2,1-3H3,(H,8,10). The molecule has 0 bridgehead atoms. The van der Waals surface area contributed by atoms with Crippen LogP contribution in [0.4, 0.5) is 4.79 Å². The van der Waals surface area contributed by atoms with Gasteiger partial charge in [0.05, 0.1) is 13.7 Å². The first-order valence-electron chi connectivity index (χ1n) is 3.62. The Labute approximate surface area is 81.2 Å². The fraction of sp³-hybridized carbons (Fsp3) is 0.714. The monoisotopic (exact) mass is 207 g/mol. The largest absolute Gasteiger partial charge is 0.453 e. The Bertz CT molecular complexity index is 185. The van der Waals surface area contributed by atoms with Crippen LogP contribution in [0.25, 0.3) is 0 Å². The van der Waals surface area contributed by atoms with Gasteiger partial charge in [-0.2, -0.15) is 0 Å². The van der Waals surface area contributed by atoms with Crippen LogP contribution in [0.1, 0.15) is 6.92 Å². The van der Waals surface area contributed by atoms with Gasteiger partial charge in [-0.15, -0.1) is 0 Å². The molecule has 1 N–H and O–H groups in total. The number of methoxy groups -OCH3 is 2. The molecule has 1 amide bonds. The molecule has 5 nitrogen and oxygen atoms in total. The van der Waals surface area contributed by atoms with Crippen molar-refractivity contribution >= 4 is 23.0 Å². The van der Waals surface area contributed by atoms with Crippen LogP contribution in [0.3, 0.4) is 0 Å². The highest BCUT2D eigenvalue weighted by Gasteiger charge is 2.11. The van der Waals surface area contributed by atoms with E-state index in [4.69, 9.17) is 4.74 Å². The minimum absolute atomic E-state index is 0.0569. The van der Waals surface area contributed by atoms with Gasteiger partial charge in [0.2, 0.25) is 0 Å². The van der Waals surface area contributed by atoms with E-state index < -0.39 is 6.09 Å². The summed E-state index contributed by atoms with van der Waals surface area (Å²) in [6.07, 6.45) is -0.536. The molecule has 0 rings (SSSR count). The Balaban J connectivity index is 3.71. The maximum atomic E-state index is 10.7. The summed E-state index contributed by atoms with van der Waals surface area (Å²) in [5, 5.41) is 2.37. The fourth-order valence-corrected chi connectivity index (χ4v) is 1.23. The number of nitrogens with one attached hydrogen (secondary N) is 1. The van der Waals surface area contributed by atoms with E-state index >= 15 is 0 Å². The van der Waals surface area contributed by atoms with Crippen molar-refractivity contribution in [2.45, 2.75) is 12.4 Å². The van der Waals surface area contributed by atoms with Crippen LogP contribution in [-0.2, 0) is 14.3 Å². The van der Waals surface area contributed by atoms with Gasteiger partial charge in [-0.05, 0) is 0 Å². The first-order valence-corrected chi connectivity index (χ1v) is 4.50. The van der Waals surface area contributed by atoms with E-state index in [1.54, 1.807) is 0 Å². The van der Waals surface area contributed by atoms with E-state index in [1.807, 2.05) is 0 Å². The van der Waals surface area contributed by atoms with Gasteiger partial charge in [0.25, 0.3) is 0 Å². The van der Waals surface area contributed by atoms with Gasteiger partial charge in [-0.25, -0.2) is 4.79 Å². The van der Waals surface area contributed by atoms with Gasteiger partial charge in [-0.1, -0.05) is 11.8 Å². The molecule has 0 saturated heterocycles. The summed E-state index contributed by atoms with van der Waals surface area (Å²) in [5.41, 5.74) is -0.364. The summed E-state index contributed by atoms with van der Waals surface area (Å²) in [6, 6.07) is 0. The van der Waals surface area contributed by atoms with Gasteiger partial charge in [0, 0.05) is 14.0 Å². The third kappa shape index (κ3) is 6.41. The van der Waals surface area contributed by atoms with E-state index in [9.17, 15) is 9.59 Å². The maximum Gasteiger partial charge on any atom is 0.406 e. The lowest BCUT2D eigenvalue weighted by Crippen LogP contribution is -2.31. The normalized spacial score (nSPS) is 11.9. The molecule has 6 heteroatoms. The number of hydrogen-bond donors (Lipinski definition) is 1. The number of ether oxygens (including phenoxy) is 2. The first kappa shape index (κ1) is 12.2. The smallest absolute Gasteiger partial charge is 0.406 e. The minimum atomic E-state index is -0.536. The molecule has 76 valence electrons. The molecule has 0 radical (unpaired) electrons. The Morgan fingerprint density at radius 3 is 2.46 bits per heavy atom. The lowest BCUT2D eigenvalue weighted by molar-refractivity contribution is -0.109. The van der Waals surface area contributed by atoms with E-state index in [0.29, 0.717) is 0 Å². The molecule has 0 aliphatic heterocycles.